The number of nitrogens with zero attached hydrogens (tertiary/aromatic N) is 4. The van der Waals surface area contributed by atoms with Gasteiger partial charge in [0.05, 0.1) is 43.2 Å². The van der Waals surface area contributed by atoms with Crippen molar-refractivity contribution < 1.29 is 9.47 Å². The Labute approximate surface area is 234 Å². The van der Waals surface area contributed by atoms with Crippen LogP contribution in [0.25, 0.3) is 0 Å². The van der Waals surface area contributed by atoms with Gasteiger partial charge in [-0.3, -0.25) is 20.2 Å². The Kier molecular flexibility index (Phi) is 12.8. The summed E-state index contributed by atoms with van der Waals surface area (Å²) in [5.41, 5.74) is 6.56. The van der Waals surface area contributed by atoms with E-state index in [0.717, 1.165) is 26.2 Å². The van der Waals surface area contributed by atoms with Gasteiger partial charge in [0.15, 0.2) is 5.11 Å². The first-order chi connectivity index (χ1) is 17.0. The average molecular weight is 595 g/mol. The van der Waals surface area contributed by atoms with Gasteiger partial charge in [-0.1, -0.05) is 44.0 Å². The van der Waals surface area contributed by atoms with Crippen molar-refractivity contribution in [1.82, 2.24) is 20.2 Å². The lowest BCUT2D eigenvalue weighted by atomic mass is 10.3. The van der Waals surface area contributed by atoms with Gasteiger partial charge in [-0.25, -0.2) is 4.74 Å². The lowest BCUT2D eigenvalue weighted by molar-refractivity contribution is 0.0551. The number of morpholine rings is 2. The number of hydrogen-bond donors (Lipinski definition) is 3. The first-order valence-corrected chi connectivity index (χ1v) is 14.7. The molecule has 2 aliphatic heterocycles. The quantitative estimate of drug-likeness (QED) is 0.249. The van der Waals surface area contributed by atoms with E-state index in [1.54, 1.807) is 24.3 Å². The van der Waals surface area contributed by atoms with E-state index in [-0.39, 0.29) is 5.16 Å². The number of benzene rings is 1. The summed E-state index contributed by atoms with van der Waals surface area (Å²) in [4.78, 5) is 0. The molecule has 36 heavy (non-hydrogen) atoms. The monoisotopic (exact) mass is 593 g/mol. The van der Waals surface area contributed by atoms with E-state index in [1.165, 1.54) is 6.92 Å². The molecule has 2 heterocycles. The Balaban J connectivity index is 0.00000145. The minimum Gasteiger partial charge on any atom is -0.379 e. The molecule has 1 aromatic rings. The van der Waals surface area contributed by atoms with Gasteiger partial charge in [0.25, 0.3) is 0 Å². The lowest BCUT2D eigenvalue weighted by Crippen LogP contribution is -2.49. The first-order valence-electron chi connectivity index (χ1n) is 11.5. The first kappa shape index (κ1) is 31.2. The molecular weight excluding hydrogens is 560 g/mol. The van der Waals surface area contributed by atoms with E-state index in [0.29, 0.717) is 52.4 Å². The predicted molar refractivity (Wildman–Crippen MR) is 157 cm³/mol. The van der Waals surface area contributed by atoms with E-state index < -0.39 is 7.36 Å². The van der Waals surface area contributed by atoms with Crippen LogP contribution in [0.3, 0.4) is 0 Å². The van der Waals surface area contributed by atoms with Crippen LogP contribution in [0.1, 0.15) is 27.7 Å². The molecule has 2 aliphatic rings. The molecule has 0 amide bonds. The maximum Gasteiger partial charge on any atom is 0.212 e. The minimum atomic E-state index is -2.24. The molecule has 9 nitrogen and oxygen atoms in total. The molecule has 0 saturated carbocycles. The highest BCUT2D eigenvalue weighted by molar-refractivity contribution is 7.81. The van der Waals surface area contributed by atoms with Gasteiger partial charge in [-0.15, -0.1) is 0 Å². The van der Waals surface area contributed by atoms with Crippen LogP contribution in [-0.2, 0) is 9.47 Å². The fourth-order valence-corrected chi connectivity index (χ4v) is 9.34. The van der Waals surface area contributed by atoms with Crippen molar-refractivity contribution in [2.45, 2.75) is 32.9 Å². The molecule has 0 spiro atoms. The van der Waals surface area contributed by atoms with Crippen molar-refractivity contribution >= 4 is 70.9 Å². The molecule has 200 valence electrons. The number of ether oxygens (including phenoxy) is 2. The van der Waals surface area contributed by atoms with Gasteiger partial charge in [-0.05, 0) is 42.6 Å². The maximum absolute atomic E-state index is 7.32. The second kappa shape index (κ2) is 14.8. The molecule has 2 fully saturated rings. The van der Waals surface area contributed by atoms with Gasteiger partial charge in [-0.2, -0.15) is 5.26 Å². The number of nitriles is 1. The molecule has 3 rings (SSSR count). The Bertz CT molecular complexity index is 983. The Morgan fingerprint density at radius 1 is 1.03 bits per heavy atom. The van der Waals surface area contributed by atoms with Crippen molar-refractivity contribution in [3.63, 3.8) is 0 Å². The third-order valence-electron chi connectivity index (χ3n) is 5.36. The smallest absolute Gasteiger partial charge is 0.212 e. The standard InChI is InChI=1S/C20H31Cl2N6O2PS2.C2H3N/c1-20(2,3)31(27-6-10-29-11-7-27,28-8-12-30-13-9-28)26-19(33)25-24-18(32)23-17-5-4-15(21)14-16(17)22;1-2-3/h4-5,14H,6-13H2,1-3H3,(H,25,33)(H2,23,24,32);1H3. The molecule has 0 radical (unpaired) electrons. The second-order valence-electron chi connectivity index (χ2n) is 8.83. The van der Waals surface area contributed by atoms with Gasteiger partial charge >= 0.3 is 0 Å². The molecule has 0 aliphatic carbocycles. The summed E-state index contributed by atoms with van der Waals surface area (Å²) in [6.07, 6.45) is 0. The van der Waals surface area contributed by atoms with Gasteiger partial charge < -0.3 is 14.8 Å². The fourth-order valence-electron chi connectivity index (χ4n) is 3.98. The molecule has 0 bridgehead atoms. The van der Waals surface area contributed by atoms with Crippen LogP contribution < -0.4 is 16.2 Å². The van der Waals surface area contributed by atoms with Gasteiger partial charge in [0, 0.05) is 43.3 Å². The van der Waals surface area contributed by atoms with Crippen LogP contribution >= 0.6 is 55.0 Å². The molecule has 0 atom stereocenters. The van der Waals surface area contributed by atoms with Gasteiger partial charge in [0.1, 0.15) is 7.36 Å². The largest absolute Gasteiger partial charge is 0.379 e. The summed E-state index contributed by atoms with van der Waals surface area (Å²) >= 11 is 23.2. The number of anilines is 1. The Hall–Kier alpha value is -1.06. The maximum atomic E-state index is 7.32. The Morgan fingerprint density at radius 2 is 1.53 bits per heavy atom. The summed E-state index contributed by atoms with van der Waals surface area (Å²) in [6.45, 7) is 14.2. The van der Waals surface area contributed by atoms with Crippen molar-refractivity contribution in [2.24, 2.45) is 4.74 Å². The third kappa shape index (κ3) is 8.48. The zero-order chi connectivity index (χ0) is 26.8. The summed E-state index contributed by atoms with van der Waals surface area (Å²) in [5, 5.41) is 11.9. The van der Waals surface area contributed by atoms with Crippen LogP contribution in [0.4, 0.5) is 5.69 Å². The number of hydrogen-bond acceptors (Lipinski definition) is 5. The average Bonchev–Trinajstić information content (AvgIpc) is 2.84. The number of hydrazine groups is 1. The molecule has 0 aromatic heterocycles. The molecule has 14 heteroatoms. The highest BCUT2D eigenvalue weighted by atomic mass is 35.5. The zero-order valence-corrected chi connectivity index (χ0v) is 25.1. The lowest BCUT2D eigenvalue weighted by Gasteiger charge is -2.52. The van der Waals surface area contributed by atoms with Crippen LogP contribution in [-0.4, -0.2) is 77.3 Å². The second-order valence-corrected chi connectivity index (χ2v) is 14.3. The van der Waals surface area contributed by atoms with E-state index in [4.69, 9.17) is 67.1 Å². The van der Waals surface area contributed by atoms with Crippen molar-refractivity contribution in [3.8, 4) is 6.07 Å². The Morgan fingerprint density at radius 3 is 1.97 bits per heavy atom. The summed E-state index contributed by atoms with van der Waals surface area (Å²) in [6, 6.07) is 6.89. The van der Waals surface area contributed by atoms with Crippen LogP contribution in [0.15, 0.2) is 22.9 Å². The van der Waals surface area contributed by atoms with E-state index in [9.17, 15) is 0 Å². The zero-order valence-electron chi connectivity index (χ0n) is 21.0. The fraction of sp³-hybridized carbons (Fsp3) is 0.591. The summed E-state index contributed by atoms with van der Waals surface area (Å²) in [5.74, 6) is 0. The number of rotatable bonds is 3. The number of halogens is 2. The minimum absolute atomic E-state index is 0.136. The molecular formula is C22H34Cl2N7O2PS2. The third-order valence-corrected chi connectivity index (χ3v) is 11.1. The van der Waals surface area contributed by atoms with Crippen molar-refractivity contribution in [2.75, 3.05) is 57.9 Å². The molecule has 2 saturated heterocycles. The van der Waals surface area contributed by atoms with Crippen molar-refractivity contribution in [3.05, 3.63) is 28.2 Å². The highest BCUT2D eigenvalue weighted by Gasteiger charge is 2.45. The predicted octanol–water partition coefficient (Wildman–Crippen LogP) is 5.09. The van der Waals surface area contributed by atoms with E-state index >= 15 is 0 Å². The normalized spacial score (nSPS) is 17.1. The topological polar surface area (TPSA) is 97.2 Å². The van der Waals surface area contributed by atoms with E-state index in [2.05, 4.69) is 46.3 Å². The summed E-state index contributed by atoms with van der Waals surface area (Å²) < 4.78 is 21.4. The van der Waals surface area contributed by atoms with E-state index in [1.807, 2.05) is 0 Å². The number of thiocarbonyl (C=S) groups is 2. The summed E-state index contributed by atoms with van der Waals surface area (Å²) in [7, 11) is -2.24. The molecule has 0 unspecified atom stereocenters. The highest BCUT2D eigenvalue weighted by Crippen LogP contribution is 2.66. The van der Waals surface area contributed by atoms with Crippen LogP contribution in [0, 0.1) is 11.3 Å². The molecule has 1 aromatic carbocycles. The SMILES string of the molecule is CC#N.CC(C)(C)P(=NC(=S)NNC(=S)Nc1ccc(Cl)cc1Cl)(N1CCOCC1)N1CCOCC1. The number of nitrogens with one attached hydrogen (secondary N) is 3. The van der Waals surface area contributed by atoms with Crippen molar-refractivity contribution in [1.29, 1.82) is 5.26 Å². The molecule has 3 N–H and O–H groups in total. The van der Waals surface area contributed by atoms with Crippen LogP contribution in [0.2, 0.25) is 10.0 Å². The van der Waals surface area contributed by atoms with Gasteiger partial charge in [0.2, 0.25) is 5.11 Å². The van der Waals surface area contributed by atoms with Crippen LogP contribution in [0.5, 0.6) is 0 Å².